The number of carboxylic acids is 1. The number of urea groups is 1. The number of hydrogen-bond donors (Lipinski definition) is 1. The normalized spacial score (nSPS) is 21.0. The molecule has 0 aromatic carbocycles. The minimum Gasteiger partial charge on any atom is -0.481 e. The standard InChI is InChI=1S/C16H30N2O3/c1-5-18(13(4)11-15(19)20)16(21)17-9-6-7-14(8-10-17)12(2)3/h12-14H,5-11H2,1-4H3,(H,19,20). The number of carbonyl (C=O) groups is 2. The van der Waals surface area contributed by atoms with Gasteiger partial charge in [-0.1, -0.05) is 13.8 Å². The quantitative estimate of drug-likeness (QED) is 0.848. The van der Waals surface area contributed by atoms with Gasteiger partial charge in [0, 0.05) is 25.7 Å². The molecule has 122 valence electrons. The number of nitrogens with zero attached hydrogens (tertiary/aromatic N) is 2. The van der Waals surface area contributed by atoms with E-state index in [1.807, 2.05) is 18.7 Å². The third-order valence-electron chi connectivity index (χ3n) is 4.57. The van der Waals surface area contributed by atoms with Gasteiger partial charge in [0.25, 0.3) is 0 Å². The highest BCUT2D eigenvalue weighted by atomic mass is 16.4. The summed E-state index contributed by atoms with van der Waals surface area (Å²) in [5.41, 5.74) is 0. The van der Waals surface area contributed by atoms with Crippen molar-refractivity contribution in [2.24, 2.45) is 11.8 Å². The first-order valence-corrected chi connectivity index (χ1v) is 8.14. The van der Waals surface area contributed by atoms with Gasteiger partial charge in [0.2, 0.25) is 0 Å². The molecule has 5 heteroatoms. The van der Waals surface area contributed by atoms with E-state index in [1.54, 1.807) is 4.90 Å². The Balaban J connectivity index is 2.65. The number of hydrogen-bond acceptors (Lipinski definition) is 2. The van der Waals surface area contributed by atoms with Crippen LogP contribution in [0.1, 0.15) is 53.4 Å². The summed E-state index contributed by atoms with van der Waals surface area (Å²) in [7, 11) is 0. The van der Waals surface area contributed by atoms with Crippen LogP contribution in [0.2, 0.25) is 0 Å². The highest BCUT2D eigenvalue weighted by molar-refractivity contribution is 5.76. The Kier molecular flexibility index (Phi) is 6.99. The lowest BCUT2D eigenvalue weighted by Crippen LogP contribution is -2.48. The van der Waals surface area contributed by atoms with Gasteiger partial charge in [0.05, 0.1) is 6.42 Å². The van der Waals surface area contributed by atoms with E-state index in [0.717, 1.165) is 25.9 Å². The Labute approximate surface area is 128 Å². The molecule has 1 heterocycles. The Bertz CT molecular complexity index is 357. The molecule has 2 unspecified atom stereocenters. The molecule has 1 N–H and O–H groups in total. The predicted octanol–water partition coefficient (Wildman–Crippen LogP) is 3.05. The maximum Gasteiger partial charge on any atom is 0.320 e. The summed E-state index contributed by atoms with van der Waals surface area (Å²) in [6.45, 7) is 10.3. The van der Waals surface area contributed by atoms with Crippen LogP contribution >= 0.6 is 0 Å². The van der Waals surface area contributed by atoms with Crippen LogP contribution in [0.25, 0.3) is 0 Å². The average Bonchev–Trinajstić information content (AvgIpc) is 2.64. The fourth-order valence-corrected chi connectivity index (χ4v) is 3.16. The van der Waals surface area contributed by atoms with Crippen LogP contribution in [0.5, 0.6) is 0 Å². The molecule has 0 aromatic heterocycles. The molecule has 1 saturated heterocycles. The second-order valence-electron chi connectivity index (χ2n) is 6.44. The molecule has 0 spiro atoms. The zero-order chi connectivity index (χ0) is 16.0. The van der Waals surface area contributed by atoms with E-state index in [-0.39, 0.29) is 18.5 Å². The third kappa shape index (κ3) is 5.21. The summed E-state index contributed by atoms with van der Waals surface area (Å²) in [6, 6.07) is -0.264. The number of rotatable bonds is 5. The van der Waals surface area contributed by atoms with Crippen molar-refractivity contribution in [1.29, 1.82) is 0 Å². The molecule has 1 rings (SSSR count). The Morgan fingerprint density at radius 2 is 1.90 bits per heavy atom. The number of amides is 2. The van der Waals surface area contributed by atoms with Crippen molar-refractivity contribution in [1.82, 2.24) is 9.80 Å². The summed E-state index contributed by atoms with van der Waals surface area (Å²) in [6.07, 6.45) is 3.27. The van der Waals surface area contributed by atoms with E-state index in [9.17, 15) is 9.59 Å². The lowest BCUT2D eigenvalue weighted by molar-refractivity contribution is -0.138. The van der Waals surface area contributed by atoms with Crippen LogP contribution in [0.15, 0.2) is 0 Å². The maximum atomic E-state index is 12.6. The molecular weight excluding hydrogens is 268 g/mol. The molecule has 0 aliphatic carbocycles. The van der Waals surface area contributed by atoms with Crippen LogP contribution in [-0.2, 0) is 4.79 Å². The highest BCUT2D eigenvalue weighted by Crippen LogP contribution is 2.25. The lowest BCUT2D eigenvalue weighted by atomic mass is 9.89. The van der Waals surface area contributed by atoms with Gasteiger partial charge < -0.3 is 14.9 Å². The zero-order valence-corrected chi connectivity index (χ0v) is 13.8. The maximum absolute atomic E-state index is 12.6. The van der Waals surface area contributed by atoms with Crippen molar-refractivity contribution in [2.75, 3.05) is 19.6 Å². The van der Waals surface area contributed by atoms with Gasteiger partial charge in [-0.15, -0.1) is 0 Å². The smallest absolute Gasteiger partial charge is 0.320 e. The third-order valence-corrected chi connectivity index (χ3v) is 4.57. The van der Waals surface area contributed by atoms with Crippen LogP contribution in [0.3, 0.4) is 0 Å². The number of carbonyl (C=O) groups excluding carboxylic acids is 1. The summed E-state index contributed by atoms with van der Waals surface area (Å²) >= 11 is 0. The van der Waals surface area contributed by atoms with E-state index >= 15 is 0 Å². The minimum atomic E-state index is -0.857. The largest absolute Gasteiger partial charge is 0.481 e. The van der Waals surface area contributed by atoms with Gasteiger partial charge in [-0.2, -0.15) is 0 Å². The van der Waals surface area contributed by atoms with E-state index in [2.05, 4.69) is 13.8 Å². The summed E-state index contributed by atoms with van der Waals surface area (Å²) in [4.78, 5) is 27.1. The molecule has 0 radical (unpaired) electrons. The van der Waals surface area contributed by atoms with Crippen LogP contribution in [0, 0.1) is 11.8 Å². The molecule has 2 atom stereocenters. The average molecular weight is 298 g/mol. The molecule has 0 bridgehead atoms. The summed E-state index contributed by atoms with van der Waals surface area (Å²) in [5.74, 6) is 0.493. The number of aliphatic carboxylic acids is 1. The van der Waals surface area contributed by atoms with E-state index in [0.29, 0.717) is 18.4 Å². The fourth-order valence-electron chi connectivity index (χ4n) is 3.16. The van der Waals surface area contributed by atoms with E-state index < -0.39 is 5.97 Å². The van der Waals surface area contributed by atoms with Crippen LogP contribution < -0.4 is 0 Å². The molecule has 0 aromatic rings. The molecular formula is C16H30N2O3. The van der Waals surface area contributed by atoms with Crippen molar-refractivity contribution in [3.63, 3.8) is 0 Å². The zero-order valence-electron chi connectivity index (χ0n) is 13.8. The summed E-state index contributed by atoms with van der Waals surface area (Å²) in [5, 5.41) is 8.91. The second-order valence-corrected chi connectivity index (χ2v) is 6.44. The SMILES string of the molecule is CCN(C(=O)N1CCCC(C(C)C)CC1)C(C)CC(=O)O. The van der Waals surface area contributed by atoms with Gasteiger partial charge in [-0.25, -0.2) is 4.79 Å². The van der Waals surface area contributed by atoms with Crippen LogP contribution in [0.4, 0.5) is 4.79 Å². The number of carboxylic acid groups (broad SMARTS) is 1. The Hall–Kier alpha value is -1.26. The van der Waals surface area contributed by atoms with Crippen molar-refractivity contribution < 1.29 is 14.7 Å². The molecule has 1 aliphatic rings. The van der Waals surface area contributed by atoms with Crippen molar-refractivity contribution >= 4 is 12.0 Å². The molecule has 5 nitrogen and oxygen atoms in total. The molecule has 0 saturated carbocycles. The number of likely N-dealkylation sites (tertiary alicyclic amines) is 1. The fraction of sp³-hybridized carbons (Fsp3) is 0.875. The monoisotopic (exact) mass is 298 g/mol. The molecule has 2 amide bonds. The molecule has 21 heavy (non-hydrogen) atoms. The topological polar surface area (TPSA) is 60.9 Å². The van der Waals surface area contributed by atoms with Gasteiger partial charge >= 0.3 is 12.0 Å². The van der Waals surface area contributed by atoms with E-state index in [4.69, 9.17) is 5.11 Å². The Morgan fingerprint density at radius 3 is 2.43 bits per heavy atom. The molecule has 1 aliphatic heterocycles. The predicted molar refractivity (Wildman–Crippen MR) is 83.2 cm³/mol. The van der Waals surface area contributed by atoms with Gasteiger partial charge in [-0.3, -0.25) is 4.79 Å². The minimum absolute atomic E-state index is 0.00202. The first-order chi connectivity index (χ1) is 9.86. The lowest BCUT2D eigenvalue weighted by Gasteiger charge is -2.33. The molecule has 1 fully saturated rings. The summed E-state index contributed by atoms with van der Waals surface area (Å²) < 4.78 is 0. The highest BCUT2D eigenvalue weighted by Gasteiger charge is 2.28. The van der Waals surface area contributed by atoms with Gasteiger partial charge in [0.1, 0.15) is 0 Å². The van der Waals surface area contributed by atoms with Crippen molar-refractivity contribution in [3.05, 3.63) is 0 Å². The first-order valence-electron chi connectivity index (χ1n) is 8.14. The van der Waals surface area contributed by atoms with Crippen LogP contribution in [-0.4, -0.2) is 52.6 Å². The van der Waals surface area contributed by atoms with Gasteiger partial charge in [0.15, 0.2) is 0 Å². The second kappa shape index (κ2) is 8.25. The van der Waals surface area contributed by atoms with Crippen molar-refractivity contribution in [2.45, 2.75) is 59.4 Å². The van der Waals surface area contributed by atoms with Gasteiger partial charge in [-0.05, 0) is 44.9 Å². The first kappa shape index (κ1) is 17.8. The van der Waals surface area contributed by atoms with E-state index in [1.165, 1.54) is 6.42 Å². The Morgan fingerprint density at radius 1 is 1.24 bits per heavy atom. The van der Waals surface area contributed by atoms with Crippen molar-refractivity contribution in [3.8, 4) is 0 Å².